The maximum atomic E-state index is 6.09. The number of nitrogens with two attached hydrogens (primary N) is 1. The summed E-state index contributed by atoms with van der Waals surface area (Å²) in [6, 6.07) is 7.56. The summed E-state index contributed by atoms with van der Waals surface area (Å²) < 4.78 is 1.70. The maximum absolute atomic E-state index is 6.09. The zero-order valence-corrected chi connectivity index (χ0v) is 9.72. The quantitative estimate of drug-likeness (QED) is 0.820. The van der Waals surface area contributed by atoms with Crippen LogP contribution in [0, 0.1) is 0 Å². The Bertz CT molecular complexity index is 481. The molecule has 1 aromatic carbocycles. The van der Waals surface area contributed by atoms with Gasteiger partial charge in [0.05, 0.1) is 10.7 Å². The molecule has 0 spiro atoms. The Hall–Kier alpha value is -1.13. The summed E-state index contributed by atoms with van der Waals surface area (Å²) in [5, 5.41) is 4.84. The smallest absolute Gasteiger partial charge is 0.145 e. The molecule has 5 heteroatoms. The second-order valence-electron chi connectivity index (χ2n) is 3.00. The van der Waals surface area contributed by atoms with Crippen LogP contribution in [0.3, 0.4) is 0 Å². The molecule has 0 amide bonds. The van der Waals surface area contributed by atoms with Crippen LogP contribution in [0.1, 0.15) is 0 Å². The van der Waals surface area contributed by atoms with Crippen molar-refractivity contribution in [3.05, 3.63) is 35.5 Å². The predicted molar refractivity (Wildman–Crippen MR) is 64.8 cm³/mol. The van der Waals surface area contributed by atoms with Crippen molar-refractivity contribution in [3.8, 4) is 5.69 Å². The van der Waals surface area contributed by atoms with Gasteiger partial charge in [0.2, 0.25) is 0 Å². The number of hydrogen-bond donors (Lipinski definition) is 1. The van der Waals surface area contributed by atoms with Gasteiger partial charge in [0, 0.05) is 17.2 Å². The van der Waals surface area contributed by atoms with Crippen LogP contribution < -0.4 is 5.73 Å². The Morgan fingerprint density at radius 1 is 1.40 bits per heavy atom. The number of thioether (sulfide) groups is 1. The zero-order valence-electron chi connectivity index (χ0n) is 8.14. The van der Waals surface area contributed by atoms with Crippen molar-refractivity contribution in [1.82, 2.24) is 9.78 Å². The number of nitrogen functional groups attached to an aromatic ring is 1. The van der Waals surface area contributed by atoms with Crippen LogP contribution in [0.5, 0.6) is 0 Å². The number of hydrogen-bond acceptors (Lipinski definition) is 3. The molecule has 2 aromatic rings. The van der Waals surface area contributed by atoms with Gasteiger partial charge in [0.15, 0.2) is 0 Å². The van der Waals surface area contributed by atoms with Crippen LogP contribution in [0.2, 0.25) is 5.02 Å². The molecule has 0 radical (unpaired) electrons. The minimum absolute atomic E-state index is 0.500. The average molecular weight is 240 g/mol. The summed E-state index contributed by atoms with van der Waals surface area (Å²) in [6.07, 6.45) is 3.80. The van der Waals surface area contributed by atoms with Crippen LogP contribution in [0.25, 0.3) is 5.69 Å². The van der Waals surface area contributed by atoms with Crippen molar-refractivity contribution in [1.29, 1.82) is 0 Å². The van der Waals surface area contributed by atoms with E-state index in [0.717, 1.165) is 15.6 Å². The molecule has 1 heterocycles. The number of anilines is 1. The van der Waals surface area contributed by atoms with E-state index in [1.165, 1.54) is 0 Å². The van der Waals surface area contributed by atoms with Crippen molar-refractivity contribution in [2.75, 3.05) is 12.0 Å². The van der Waals surface area contributed by atoms with Gasteiger partial charge in [-0.2, -0.15) is 5.10 Å². The molecule has 3 nitrogen and oxygen atoms in total. The number of nitrogens with zero attached hydrogens (tertiary/aromatic N) is 2. The van der Waals surface area contributed by atoms with E-state index in [4.69, 9.17) is 17.3 Å². The van der Waals surface area contributed by atoms with Crippen molar-refractivity contribution in [3.63, 3.8) is 0 Å². The largest absolute Gasteiger partial charge is 0.382 e. The van der Waals surface area contributed by atoms with Crippen LogP contribution >= 0.6 is 23.4 Å². The summed E-state index contributed by atoms with van der Waals surface area (Å²) >= 11 is 7.71. The molecule has 0 bridgehead atoms. The van der Waals surface area contributed by atoms with Gasteiger partial charge in [0.1, 0.15) is 5.82 Å². The van der Waals surface area contributed by atoms with Gasteiger partial charge >= 0.3 is 0 Å². The second-order valence-corrected chi connectivity index (χ2v) is 4.26. The molecular formula is C10H10ClN3S. The van der Waals surface area contributed by atoms with Crippen LogP contribution in [0.4, 0.5) is 5.82 Å². The second kappa shape index (κ2) is 4.16. The number of halogens is 1. The lowest BCUT2D eigenvalue weighted by molar-refractivity contribution is 0.884. The van der Waals surface area contributed by atoms with Gasteiger partial charge < -0.3 is 5.73 Å². The molecule has 1 aromatic heterocycles. The Labute approximate surface area is 97.2 Å². The van der Waals surface area contributed by atoms with E-state index in [2.05, 4.69) is 5.10 Å². The molecule has 0 atom stereocenters. The summed E-state index contributed by atoms with van der Waals surface area (Å²) in [5.41, 5.74) is 6.45. The normalized spacial score (nSPS) is 10.5. The van der Waals surface area contributed by atoms with E-state index in [0.29, 0.717) is 5.82 Å². The van der Waals surface area contributed by atoms with Crippen molar-refractivity contribution in [2.45, 2.75) is 4.90 Å². The minimum Gasteiger partial charge on any atom is -0.382 e. The number of aromatic nitrogens is 2. The molecule has 2 rings (SSSR count). The molecule has 78 valence electrons. The van der Waals surface area contributed by atoms with Gasteiger partial charge in [-0.1, -0.05) is 11.6 Å². The lowest BCUT2D eigenvalue weighted by Gasteiger charge is -2.04. The first-order valence-corrected chi connectivity index (χ1v) is 5.96. The first kappa shape index (κ1) is 10.4. The summed E-state index contributed by atoms with van der Waals surface area (Å²) in [4.78, 5) is 1.06. The highest BCUT2D eigenvalue weighted by atomic mass is 35.5. The Morgan fingerprint density at radius 3 is 2.73 bits per heavy atom. The first-order valence-electron chi connectivity index (χ1n) is 4.36. The molecule has 15 heavy (non-hydrogen) atoms. The molecule has 0 aliphatic heterocycles. The number of benzene rings is 1. The van der Waals surface area contributed by atoms with Gasteiger partial charge in [-0.15, -0.1) is 11.8 Å². The highest BCUT2D eigenvalue weighted by molar-refractivity contribution is 7.98. The van der Waals surface area contributed by atoms with Gasteiger partial charge in [-0.05, 0) is 24.5 Å². The van der Waals surface area contributed by atoms with E-state index < -0.39 is 0 Å². The monoisotopic (exact) mass is 239 g/mol. The average Bonchev–Trinajstić information content (AvgIpc) is 2.65. The van der Waals surface area contributed by atoms with Crippen molar-refractivity contribution >= 4 is 29.2 Å². The van der Waals surface area contributed by atoms with E-state index in [1.54, 1.807) is 28.7 Å². The lowest BCUT2D eigenvalue weighted by atomic mass is 10.3. The van der Waals surface area contributed by atoms with Crippen molar-refractivity contribution in [2.24, 2.45) is 0 Å². The van der Waals surface area contributed by atoms with Gasteiger partial charge in [-0.3, -0.25) is 0 Å². The topological polar surface area (TPSA) is 43.8 Å². The third-order valence-electron chi connectivity index (χ3n) is 2.01. The SMILES string of the molecule is CSc1ccc(-n2ccc(N)n2)cc1Cl. The molecule has 2 N–H and O–H groups in total. The van der Waals surface area contributed by atoms with Crippen LogP contribution in [0.15, 0.2) is 35.4 Å². The van der Waals surface area contributed by atoms with E-state index in [1.807, 2.05) is 24.5 Å². The van der Waals surface area contributed by atoms with E-state index >= 15 is 0 Å². The first-order chi connectivity index (χ1) is 7.20. The number of rotatable bonds is 2. The van der Waals surface area contributed by atoms with Crippen molar-refractivity contribution < 1.29 is 0 Å². The summed E-state index contributed by atoms with van der Waals surface area (Å²) in [5.74, 6) is 0.500. The molecule has 0 saturated heterocycles. The van der Waals surface area contributed by atoms with E-state index in [9.17, 15) is 0 Å². The fourth-order valence-electron chi connectivity index (χ4n) is 1.28. The Balaban J connectivity index is 2.42. The zero-order chi connectivity index (χ0) is 10.8. The van der Waals surface area contributed by atoms with Crippen LogP contribution in [-0.2, 0) is 0 Å². The lowest BCUT2D eigenvalue weighted by Crippen LogP contribution is -1.96. The molecule has 0 unspecified atom stereocenters. The minimum atomic E-state index is 0.500. The molecule has 0 saturated carbocycles. The molecule has 0 fully saturated rings. The standard InChI is InChI=1S/C10H10ClN3S/c1-15-9-3-2-7(6-8(9)11)14-5-4-10(12)13-14/h2-6H,1H3,(H2,12,13). The Kier molecular flexibility index (Phi) is 2.88. The van der Waals surface area contributed by atoms with E-state index in [-0.39, 0.29) is 0 Å². The highest BCUT2D eigenvalue weighted by Gasteiger charge is 2.03. The van der Waals surface area contributed by atoms with Gasteiger partial charge in [-0.25, -0.2) is 4.68 Å². The molecule has 0 aliphatic carbocycles. The predicted octanol–water partition coefficient (Wildman–Crippen LogP) is 2.83. The third kappa shape index (κ3) is 2.11. The molecule has 0 aliphatic rings. The molecular weight excluding hydrogens is 230 g/mol. The summed E-state index contributed by atoms with van der Waals surface area (Å²) in [7, 11) is 0. The Morgan fingerprint density at radius 2 is 2.20 bits per heavy atom. The van der Waals surface area contributed by atoms with Crippen LogP contribution in [-0.4, -0.2) is 16.0 Å². The maximum Gasteiger partial charge on any atom is 0.145 e. The fraction of sp³-hybridized carbons (Fsp3) is 0.100. The summed E-state index contributed by atoms with van der Waals surface area (Å²) in [6.45, 7) is 0. The fourth-order valence-corrected chi connectivity index (χ4v) is 2.14. The third-order valence-corrected chi connectivity index (χ3v) is 3.23. The highest BCUT2D eigenvalue weighted by Crippen LogP contribution is 2.27. The van der Waals surface area contributed by atoms with Gasteiger partial charge in [0.25, 0.3) is 0 Å².